The number of nitrogens with zero attached hydrogens (tertiary/aromatic N) is 1. The quantitative estimate of drug-likeness (QED) is 0.658. The van der Waals surface area contributed by atoms with E-state index in [0.29, 0.717) is 25.9 Å². The summed E-state index contributed by atoms with van der Waals surface area (Å²) < 4.78 is 52.5. The zero-order chi connectivity index (χ0) is 20.9. The monoisotopic (exact) mass is 443 g/mol. The Morgan fingerprint density at radius 2 is 1.97 bits per heavy atom. The predicted octanol–water partition coefficient (Wildman–Crippen LogP) is 2.69. The van der Waals surface area contributed by atoms with Gasteiger partial charge in [-0.05, 0) is 42.5 Å². The van der Waals surface area contributed by atoms with Crippen molar-refractivity contribution >= 4 is 27.3 Å². The highest BCUT2D eigenvalue weighted by atomic mass is 32.2. The SMILES string of the molecule is O=C(NC1CCN(CC(F)F)CC1)c1cccc(S(=O)(=O)NCc2cccs2)c1. The van der Waals surface area contributed by atoms with Crippen LogP contribution in [0.15, 0.2) is 46.7 Å². The highest BCUT2D eigenvalue weighted by Crippen LogP contribution is 2.16. The van der Waals surface area contributed by atoms with Crippen LogP contribution in [0.5, 0.6) is 0 Å². The molecule has 0 bridgehead atoms. The summed E-state index contributed by atoms with van der Waals surface area (Å²) in [5, 5.41) is 4.74. The average molecular weight is 444 g/mol. The number of likely N-dealkylation sites (tertiary alicyclic amines) is 1. The van der Waals surface area contributed by atoms with E-state index in [4.69, 9.17) is 0 Å². The molecule has 1 saturated heterocycles. The molecule has 2 N–H and O–H groups in total. The molecule has 1 amide bonds. The minimum Gasteiger partial charge on any atom is -0.349 e. The van der Waals surface area contributed by atoms with Crippen molar-refractivity contribution < 1.29 is 22.0 Å². The number of halogens is 2. The summed E-state index contributed by atoms with van der Waals surface area (Å²) in [6.45, 7) is 0.930. The van der Waals surface area contributed by atoms with E-state index in [1.165, 1.54) is 29.5 Å². The van der Waals surface area contributed by atoms with Crippen LogP contribution < -0.4 is 10.0 Å². The number of alkyl halides is 2. The van der Waals surface area contributed by atoms with Gasteiger partial charge in [-0.25, -0.2) is 21.9 Å². The molecule has 2 aromatic rings. The average Bonchev–Trinajstić information content (AvgIpc) is 3.21. The van der Waals surface area contributed by atoms with E-state index in [1.807, 2.05) is 17.5 Å². The summed E-state index contributed by atoms with van der Waals surface area (Å²) in [6.07, 6.45) is -1.20. The van der Waals surface area contributed by atoms with Gasteiger partial charge in [-0.3, -0.25) is 9.69 Å². The number of hydrogen-bond donors (Lipinski definition) is 2. The number of hydrogen-bond acceptors (Lipinski definition) is 5. The Morgan fingerprint density at radius 1 is 1.21 bits per heavy atom. The highest BCUT2D eigenvalue weighted by molar-refractivity contribution is 7.89. The summed E-state index contributed by atoms with van der Waals surface area (Å²) in [7, 11) is -3.75. The number of amides is 1. The number of piperidine rings is 1. The van der Waals surface area contributed by atoms with Gasteiger partial charge in [-0.15, -0.1) is 11.3 Å². The van der Waals surface area contributed by atoms with Crippen molar-refractivity contribution in [3.8, 4) is 0 Å². The standard InChI is InChI=1S/C19H23F2N3O3S2/c20-18(21)13-24-8-6-15(7-9-24)23-19(25)14-3-1-5-17(11-14)29(26,27)22-12-16-4-2-10-28-16/h1-5,10-11,15,18,22H,6-9,12-13H2,(H,23,25). The van der Waals surface area contributed by atoms with Crippen molar-refractivity contribution in [1.82, 2.24) is 14.9 Å². The van der Waals surface area contributed by atoms with Gasteiger partial charge < -0.3 is 5.32 Å². The Balaban J connectivity index is 1.58. The van der Waals surface area contributed by atoms with Crippen LogP contribution in [0.3, 0.4) is 0 Å². The van der Waals surface area contributed by atoms with Gasteiger partial charge in [0.1, 0.15) is 0 Å². The van der Waals surface area contributed by atoms with Gasteiger partial charge in [0.15, 0.2) is 0 Å². The van der Waals surface area contributed by atoms with Crippen LogP contribution in [-0.4, -0.2) is 51.3 Å². The van der Waals surface area contributed by atoms with Crippen molar-refractivity contribution in [3.63, 3.8) is 0 Å². The molecule has 158 valence electrons. The highest BCUT2D eigenvalue weighted by Gasteiger charge is 2.23. The zero-order valence-corrected chi connectivity index (χ0v) is 17.3. The molecule has 1 fully saturated rings. The Bertz CT molecular complexity index is 913. The first-order chi connectivity index (χ1) is 13.8. The van der Waals surface area contributed by atoms with E-state index in [0.717, 1.165) is 4.88 Å². The van der Waals surface area contributed by atoms with Crippen LogP contribution in [0.2, 0.25) is 0 Å². The number of sulfonamides is 1. The third-order valence-corrected chi connectivity index (χ3v) is 7.02. The molecule has 1 aromatic carbocycles. The summed E-state index contributed by atoms with van der Waals surface area (Å²) in [6, 6.07) is 9.43. The lowest BCUT2D eigenvalue weighted by molar-refractivity contribution is 0.0696. The fourth-order valence-corrected chi connectivity index (χ4v) is 4.98. The summed E-state index contributed by atoms with van der Waals surface area (Å²) in [5.41, 5.74) is 0.249. The Labute approximate surface area is 173 Å². The van der Waals surface area contributed by atoms with Gasteiger partial charge >= 0.3 is 0 Å². The van der Waals surface area contributed by atoms with Crippen molar-refractivity contribution in [2.45, 2.75) is 36.7 Å². The molecular weight excluding hydrogens is 420 g/mol. The molecule has 10 heteroatoms. The maximum Gasteiger partial charge on any atom is 0.251 e. The Morgan fingerprint density at radius 3 is 2.62 bits per heavy atom. The topological polar surface area (TPSA) is 78.5 Å². The van der Waals surface area contributed by atoms with E-state index in [-0.39, 0.29) is 35.5 Å². The molecule has 1 aromatic heterocycles. The molecule has 0 spiro atoms. The maximum absolute atomic E-state index is 12.5. The smallest absolute Gasteiger partial charge is 0.251 e. The number of thiophene rings is 1. The van der Waals surface area contributed by atoms with Crippen LogP contribution in [-0.2, 0) is 16.6 Å². The number of rotatable bonds is 8. The van der Waals surface area contributed by atoms with Gasteiger partial charge in [0, 0.05) is 36.1 Å². The fourth-order valence-electron chi connectivity index (χ4n) is 3.19. The van der Waals surface area contributed by atoms with Gasteiger partial charge in [-0.2, -0.15) is 0 Å². The number of carbonyl (C=O) groups is 1. The molecule has 1 aliphatic rings. The lowest BCUT2D eigenvalue weighted by atomic mass is 10.0. The number of benzene rings is 1. The molecule has 0 unspecified atom stereocenters. The van der Waals surface area contributed by atoms with Gasteiger partial charge in [0.25, 0.3) is 12.3 Å². The second-order valence-electron chi connectivity index (χ2n) is 6.87. The lowest BCUT2D eigenvalue weighted by Gasteiger charge is -2.32. The fraction of sp³-hybridized carbons (Fsp3) is 0.421. The first-order valence-electron chi connectivity index (χ1n) is 9.27. The van der Waals surface area contributed by atoms with E-state index >= 15 is 0 Å². The summed E-state index contributed by atoms with van der Waals surface area (Å²) in [4.78, 5) is 15.1. The van der Waals surface area contributed by atoms with E-state index < -0.39 is 16.4 Å². The lowest BCUT2D eigenvalue weighted by Crippen LogP contribution is -2.45. The number of nitrogens with one attached hydrogen (secondary N) is 2. The molecule has 2 heterocycles. The minimum absolute atomic E-state index is 0.0217. The molecule has 0 atom stereocenters. The second kappa shape index (κ2) is 9.75. The van der Waals surface area contributed by atoms with E-state index in [9.17, 15) is 22.0 Å². The van der Waals surface area contributed by atoms with Crippen LogP contribution >= 0.6 is 11.3 Å². The van der Waals surface area contributed by atoms with Gasteiger partial charge in [0.2, 0.25) is 10.0 Å². The summed E-state index contributed by atoms with van der Waals surface area (Å²) in [5.74, 6) is -0.368. The molecule has 0 aliphatic carbocycles. The number of carbonyl (C=O) groups excluding carboxylic acids is 1. The molecule has 0 radical (unpaired) electrons. The molecule has 1 aliphatic heterocycles. The Kier molecular flexibility index (Phi) is 7.33. The first kappa shape index (κ1) is 21.8. The van der Waals surface area contributed by atoms with Gasteiger partial charge in [0.05, 0.1) is 11.4 Å². The molecule has 3 rings (SSSR count). The van der Waals surface area contributed by atoms with E-state index in [2.05, 4.69) is 10.0 Å². The second-order valence-corrected chi connectivity index (χ2v) is 9.67. The maximum atomic E-state index is 12.5. The zero-order valence-electron chi connectivity index (χ0n) is 15.7. The summed E-state index contributed by atoms with van der Waals surface area (Å²) >= 11 is 1.45. The third-order valence-electron chi connectivity index (χ3n) is 4.74. The predicted molar refractivity (Wildman–Crippen MR) is 108 cm³/mol. The van der Waals surface area contributed by atoms with Crippen LogP contribution in [0.4, 0.5) is 8.78 Å². The van der Waals surface area contributed by atoms with Crippen LogP contribution in [0.1, 0.15) is 28.1 Å². The van der Waals surface area contributed by atoms with Crippen molar-refractivity contribution in [2.75, 3.05) is 19.6 Å². The Hall–Kier alpha value is -1.88. The first-order valence-corrected chi connectivity index (χ1v) is 11.6. The molecule has 29 heavy (non-hydrogen) atoms. The van der Waals surface area contributed by atoms with Gasteiger partial charge in [-0.1, -0.05) is 12.1 Å². The molecule has 0 saturated carbocycles. The third kappa shape index (κ3) is 6.30. The normalized spacial score (nSPS) is 16.2. The van der Waals surface area contributed by atoms with Crippen molar-refractivity contribution in [3.05, 3.63) is 52.2 Å². The minimum atomic E-state index is -3.75. The largest absolute Gasteiger partial charge is 0.349 e. The van der Waals surface area contributed by atoms with Crippen LogP contribution in [0.25, 0.3) is 0 Å². The van der Waals surface area contributed by atoms with Crippen molar-refractivity contribution in [1.29, 1.82) is 0 Å². The molecule has 6 nitrogen and oxygen atoms in total. The molecular formula is C19H23F2N3O3S2. The van der Waals surface area contributed by atoms with Crippen LogP contribution in [0, 0.1) is 0 Å². The van der Waals surface area contributed by atoms with Crippen molar-refractivity contribution in [2.24, 2.45) is 0 Å². The van der Waals surface area contributed by atoms with E-state index in [1.54, 1.807) is 11.0 Å².